The van der Waals surface area contributed by atoms with Crippen LogP contribution < -0.4 is 0 Å². The van der Waals surface area contributed by atoms with Crippen molar-refractivity contribution in [3.63, 3.8) is 0 Å². The second-order valence-corrected chi connectivity index (χ2v) is 29.2. The average molecular weight is 1650 g/mol. The minimum absolute atomic E-state index is 0.403. The van der Waals surface area contributed by atoms with Gasteiger partial charge in [0.15, 0.2) is 68.1 Å². The van der Waals surface area contributed by atoms with Crippen molar-refractivity contribution in [3.05, 3.63) is 0 Å². The number of ether oxygens (including phenoxy) is 14. The molecule has 25 atom stereocenters. The highest BCUT2D eigenvalue weighted by molar-refractivity contribution is 7.82. The van der Waals surface area contributed by atoms with Crippen molar-refractivity contribution in [3.8, 4) is 0 Å². The summed E-state index contributed by atoms with van der Waals surface area (Å²) >= 11 is 0. The van der Waals surface area contributed by atoms with Crippen molar-refractivity contribution >= 4 is 106 Å². The molecule has 0 unspecified atom stereocenters. The van der Waals surface area contributed by atoms with Gasteiger partial charge in [0.1, 0.15) is 85.5 Å². The molecule has 55 nitrogen and oxygen atoms in total. The number of aliphatic hydroxyl groups is 1. The van der Waals surface area contributed by atoms with E-state index in [1.807, 2.05) is 0 Å². The van der Waals surface area contributed by atoms with E-state index < -0.39 is 279 Å². The van der Waals surface area contributed by atoms with E-state index in [0.29, 0.717) is 21.3 Å². The lowest BCUT2D eigenvalue weighted by Crippen LogP contribution is -2.70. The standard InChI is InChI=1S/C35H58O55S9/c1-68-12-9(6-73-91(41,42)43)77-33(26(15(12)69-2)88-97(59,60)61)81-18-16(70-3)25(72-5)32(83-22(18)29(36)37)79-14-11(8-75-93(47,48)49)78-34(28(90-99(65,66)67)21(14)86-95(53,54)55)82-19-17(71-4)27(89-98(62,63)64)35(84-23(19)30(38)39)80-13-10(7-74-92(44,45)46)76-31(40)24(87-96(56,57)58)20(13)85-94(50,51)52/h9-28,31-35,40H,6-8H2,1-5H3,(H,36,37)(H,38,39)(H,41,42,43)(H,44,45,46)(H,47,48,49)(H,50,51,52)(H,53,54,55)(H,56,57,58)(H,59,60,61)(H,62,63,64)(H,65,66,67)/t9-,10-,11-,12-,13-,14-,15-,16+,17+,18+,19+,20+,21+,22+,23-,24+,25-,26-,27-,28-,31+,32-,33-,34-,35+/m1/s1. The molecule has 64 heteroatoms. The van der Waals surface area contributed by atoms with Crippen LogP contribution in [-0.4, -0.2) is 353 Å². The van der Waals surface area contributed by atoms with Crippen molar-refractivity contribution in [2.24, 2.45) is 0 Å². The molecule has 5 saturated heterocycles. The number of aliphatic hydroxyl groups excluding tert-OH is 1. The minimum Gasteiger partial charge on any atom is -0.479 e. The van der Waals surface area contributed by atoms with E-state index in [9.17, 15) is 142 Å². The minimum atomic E-state index is -6.39. The summed E-state index contributed by atoms with van der Waals surface area (Å²) in [5.74, 6) is -4.78. The largest absolute Gasteiger partial charge is 0.479 e. The summed E-state index contributed by atoms with van der Waals surface area (Å²) in [5.41, 5.74) is 0. The maximum absolute atomic E-state index is 13.3. The van der Waals surface area contributed by atoms with Crippen LogP contribution in [0.25, 0.3) is 0 Å². The van der Waals surface area contributed by atoms with Crippen molar-refractivity contribution < 1.29 is 246 Å². The third-order valence-electron chi connectivity index (χ3n) is 13.3. The highest BCUT2D eigenvalue weighted by atomic mass is 32.3. The van der Waals surface area contributed by atoms with Gasteiger partial charge in [-0.1, -0.05) is 0 Å². The molecule has 0 spiro atoms. The van der Waals surface area contributed by atoms with Crippen LogP contribution in [0, 0.1) is 0 Å². The van der Waals surface area contributed by atoms with E-state index >= 15 is 0 Å². The summed E-state index contributed by atoms with van der Waals surface area (Å²) in [7, 11) is -50.4. The van der Waals surface area contributed by atoms with Crippen LogP contribution in [0.5, 0.6) is 0 Å². The highest BCUT2D eigenvalue weighted by Gasteiger charge is 2.63. The molecule has 0 amide bonds. The fraction of sp³-hybridized carbons (Fsp3) is 0.943. The lowest BCUT2D eigenvalue weighted by Gasteiger charge is -2.51. The smallest absolute Gasteiger partial charge is 0.397 e. The summed E-state index contributed by atoms with van der Waals surface area (Å²) in [4.78, 5) is 26.6. The molecule has 0 saturated carbocycles. The number of carbonyl (C=O) groups is 2. The van der Waals surface area contributed by atoms with E-state index in [2.05, 4.69) is 33.5 Å². The summed E-state index contributed by atoms with van der Waals surface area (Å²) in [5, 5.41) is 31.9. The van der Waals surface area contributed by atoms with Crippen LogP contribution in [0.15, 0.2) is 0 Å². The molecule has 0 aliphatic carbocycles. The van der Waals surface area contributed by atoms with Crippen LogP contribution in [0.2, 0.25) is 0 Å². The van der Waals surface area contributed by atoms with Crippen molar-refractivity contribution in [2.45, 2.75) is 154 Å². The van der Waals surface area contributed by atoms with E-state index in [-0.39, 0.29) is 0 Å². The molecule has 99 heavy (non-hydrogen) atoms. The first-order valence-corrected chi connectivity index (χ1v) is 37.8. The normalized spacial score (nSPS) is 36.7. The zero-order valence-electron chi connectivity index (χ0n) is 49.2. The topological polar surface area (TPSA) is 796 Å². The maximum atomic E-state index is 13.3. The van der Waals surface area contributed by atoms with Gasteiger partial charge in [0.25, 0.3) is 0 Å². The predicted octanol–water partition coefficient (Wildman–Crippen LogP) is -10.0. The third kappa shape index (κ3) is 25.7. The van der Waals surface area contributed by atoms with Gasteiger partial charge in [-0.3, -0.25) is 41.0 Å². The van der Waals surface area contributed by atoms with Gasteiger partial charge in [-0.25, -0.2) is 47.2 Å². The lowest BCUT2D eigenvalue weighted by molar-refractivity contribution is -0.385. The van der Waals surface area contributed by atoms with Crippen LogP contribution >= 0.6 is 0 Å². The molecule has 5 rings (SSSR count). The van der Waals surface area contributed by atoms with Crippen LogP contribution in [0.4, 0.5) is 0 Å². The number of rotatable bonds is 36. The summed E-state index contributed by atoms with van der Waals surface area (Å²) in [6, 6.07) is 0. The molecule has 582 valence electrons. The molecule has 0 radical (unpaired) electrons. The number of hydrogen-bond acceptors (Lipinski definition) is 44. The Morgan fingerprint density at radius 3 is 0.818 bits per heavy atom. The first-order chi connectivity index (χ1) is 45.0. The molecular formula is C35H58O55S9. The fourth-order valence-corrected chi connectivity index (χ4v) is 13.9. The maximum Gasteiger partial charge on any atom is 0.397 e. The van der Waals surface area contributed by atoms with E-state index in [4.69, 9.17) is 70.5 Å². The number of hydrogen-bond donors (Lipinski definition) is 12. The Balaban J connectivity index is 1.69. The fourth-order valence-electron chi connectivity index (χ4n) is 10.0. The van der Waals surface area contributed by atoms with Gasteiger partial charge in [-0.15, -0.1) is 0 Å². The van der Waals surface area contributed by atoms with Gasteiger partial charge >= 0.3 is 106 Å². The highest BCUT2D eigenvalue weighted by Crippen LogP contribution is 2.41. The Hall–Kier alpha value is -2.83. The van der Waals surface area contributed by atoms with Crippen LogP contribution in [-0.2, 0) is 207 Å². The van der Waals surface area contributed by atoms with Gasteiger partial charge in [0.05, 0.1) is 19.8 Å². The summed E-state index contributed by atoms with van der Waals surface area (Å²) in [6.45, 7) is -5.07. The van der Waals surface area contributed by atoms with Gasteiger partial charge in [0.2, 0.25) is 0 Å². The molecule has 0 aromatic heterocycles. The van der Waals surface area contributed by atoms with Gasteiger partial charge < -0.3 is 81.6 Å². The first-order valence-electron chi connectivity index (χ1n) is 25.5. The van der Waals surface area contributed by atoms with E-state index in [1.54, 1.807) is 0 Å². The summed E-state index contributed by atoms with van der Waals surface area (Å²) in [6.07, 6.45) is -69.9. The molecule has 12 N–H and O–H groups in total. The van der Waals surface area contributed by atoms with E-state index in [1.165, 1.54) is 0 Å². The Morgan fingerprint density at radius 1 is 0.283 bits per heavy atom. The van der Waals surface area contributed by atoms with Crippen molar-refractivity contribution in [1.29, 1.82) is 0 Å². The lowest BCUT2D eigenvalue weighted by atomic mass is 9.95. The van der Waals surface area contributed by atoms with E-state index in [0.717, 1.165) is 14.2 Å². The van der Waals surface area contributed by atoms with Gasteiger partial charge in [0, 0.05) is 35.5 Å². The molecule has 5 fully saturated rings. The third-order valence-corrected chi connectivity index (χ3v) is 17.4. The Morgan fingerprint density at radius 2 is 0.515 bits per heavy atom. The Kier molecular flexibility index (Phi) is 29.6. The summed E-state index contributed by atoms with van der Waals surface area (Å²) < 4.78 is 424. The second kappa shape index (κ2) is 33.7. The number of aliphatic carboxylic acids is 2. The average Bonchev–Trinajstić information content (AvgIpc) is 0.768. The Bertz CT molecular complexity index is 3830. The molecule has 0 aromatic rings. The van der Waals surface area contributed by atoms with Gasteiger partial charge in [-0.2, -0.15) is 75.8 Å². The number of carboxylic acids is 2. The molecule has 5 aliphatic heterocycles. The molecule has 0 bridgehead atoms. The predicted molar refractivity (Wildman–Crippen MR) is 285 cm³/mol. The molecule has 0 aromatic carbocycles. The number of methoxy groups -OCH3 is 5. The first kappa shape index (κ1) is 86.8. The number of carboxylic acid groups (broad SMARTS) is 2. The SMILES string of the molecule is CO[C@@H]1[C@@H](OC)[C@H](O[C@H]2[C@H](OS(=O)(=O)O)[C@@H](OS(=O)(=O)O)[C@@H](O[C@H]3[C@H](OC)[C@@H](OS(=O)(=O)O)[C@@H](O[C@H]4[C@H](OS(=O)(=O)O)[C@H](OS(=O)(=O)O)[C@@H](O)O[C@@H]4COS(=O)(=O)O)O[C@H]3C(=O)O)O[C@@H]2COS(=O)(=O)O)O[C@H](C(=O)O)[C@H]1O[C@H]1O[C@H](COS(=O)(=O)O)[C@@H](OC)[C@@H](OC)[C@H]1OS(=O)(=O)O. The molecule has 5 heterocycles. The second-order valence-electron chi connectivity index (χ2n) is 19.7. The van der Waals surface area contributed by atoms with Crippen molar-refractivity contribution in [2.75, 3.05) is 55.4 Å². The Labute approximate surface area is 557 Å². The van der Waals surface area contributed by atoms with Crippen molar-refractivity contribution in [1.82, 2.24) is 0 Å². The zero-order chi connectivity index (χ0) is 75.5. The monoisotopic (exact) mass is 1650 g/mol. The van der Waals surface area contributed by atoms with Crippen LogP contribution in [0.3, 0.4) is 0 Å². The molecular weight excluding hydrogens is 1590 g/mol. The van der Waals surface area contributed by atoms with Crippen LogP contribution in [0.1, 0.15) is 0 Å². The zero-order valence-corrected chi connectivity index (χ0v) is 56.5. The molecule has 5 aliphatic rings. The van der Waals surface area contributed by atoms with Gasteiger partial charge in [-0.05, 0) is 0 Å². The quantitative estimate of drug-likeness (QED) is 0.0259.